The van der Waals surface area contributed by atoms with E-state index in [1.54, 1.807) is 24.3 Å². The Bertz CT molecular complexity index is 590. The standard InChI is InChI=1S/C13H12BF3NO2/c1-19-13-5-3-2-4-10(13)9-20-12-6-11(7-18-8-12)14(15,16)17/h2-8H,9H2,1H3/q-1. The molecule has 0 saturated carbocycles. The van der Waals surface area contributed by atoms with Crippen molar-refractivity contribution in [1.82, 2.24) is 4.98 Å². The van der Waals surface area contributed by atoms with Crippen molar-refractivity contribution in [2.24, 2.45) is 0 Å². The van der Waals surface area contributed by atoms with Crippen LogP contribution in [0.4, 0.5) is 12.9 Å². The molecule has 0 aliphatic rings. The van der Waals surface area contributed by atoms with Gasteiger partial charge in [-0.1, -0.05) is 23.7 Å². The van der Waals surface area contributed by atoms with Gasteiger partial charge < -0.3 is 22.4 Å². The lowest BCUT2D eigenvalue weighted by Gasteiger charge is -2.15. The van der Waals surface area contributed by atoms with Crippen molar-refractivity contribution in [1.29, 1.82) is 0 Å². The quantitative estimate of drug-likeness (QED) is 0.790. The van der Waals surface area contributed by atoms with E-state index in [0.29, 0.717) is 5.75 Å². The molecule has 0 bridgehead atoms. The molecule has 0 unspecified atom stereocenters. The molecule has 20 heavy (non-hydrogen) atoms. The summed E-state index contributed by atoms with van der Waals surface area (Å²) in [6, 6.07) is 8.09. The Morgan fingerprint density at radius 2 is 1.90 bits per heavy atom. The number of halogens is 3. The predicted molar refractivity (Wildman–Crippen MR) is 70.3 cm³/mol. The molecule has 7 heteroatoms. The van der Waals surface area contributed by atoms with Crippen molar-refractivity contribution in [3.05, 3.63) is 48.3 Å². The second-order valence-electron chi connectivity index (χ2n) is 4.13. The number of pyridine rings is 1. The molecular formula is C13H12BF3NO2-. The Morgan fingerprint density at radius 3 is 2.60 bits per heavy atom. The average Bonchev–Trinajstić information content (AvgIpc) is 2.45. The lowest BCUT2D eigenvalue weighted by Crippen LogP contribution is -2.34. The van der Waals surface area contributed by atoms with Gasteiger partial charge in [0.1, 0.15) is 18.1 Å². The number of nitrogens with zero attached hydrogens (tertiary/aromatic N) is 1. The van der Waals surface area contributed by atoms with Crippen LogP contribution in [0.15, 0.2) is 42.7 Å². The molecule has 0 aliphatic heterocycles. The fourth-order valence-corrected chi connectivity index (χ4v) is 1.68. The van der Waals surface area contributed by atoms with Crippen LogP contribution in [0.25, 0.3) is 0 Å². The van der Waals surface area contributed by atoms with Crippen LogP contribution in [0, 0.1) is 0 Å². The Hall–Kier alpha value is -2.18. The third-order valence-electron chi connectivity index (χ3n) is 2.70. The highest BCUT2D eigenvalue weighted by Gasteiger charge is 2.26. The molecule has 2 rings (SSSR count). The average molecular weight is 282 g/mol. The first kappa shape index (κ1) is 14.2. The number of benzene rings is 1. The number of hydrogen-bond donors (Lipinski definition) is 0. The molecule has 0 atom stereocenters. The molecule has 0 saturated heterocycles. The highest BCUT2D eigenvalue weighted by molar-refractivity contribution is 6.73. The zero-order valence-corrected chi connectivity index (χ0v) is 10.7. The van der Waals surface area contributed by atoms with E-state index in [9.17, 15) is 12.9 Å². The number of ether oxygens (including phenoxy) is 2. The van der Waals surface area contributed by atoms with Gasteiger partial charge in [-0.15, -0.1) is 0 Å². The molecule has 3 nitrogen and oxygen atoms in total. The Balaban J connectivity index is 2.11. The second kappa shape index (κ2) is 5.86. The molecular weight excluding hydrogens is 270 g/mol. The Morgan fingerprint density at radius 1 is 1.15 bits per heavy atom. The molecule has 106 valence electrons. The number of para-hydroxylation sites is 1. The Kier molecular flexibility index (Phi) is 4.17. The largest absolute Gasteiger partial charge is 0.511 e. The van der Waals surface area contributed by atoms with Crippen molar-refractivity contribution in [3.63, 3.8) is 0 Å². The fraction of sp³-hybridized carbons (Fsp3) is 0.154. The first-order valence-corrected chi connectivity index (χ1v) is 5.90. The van der Waals surface area contributed by atoms with Crippen LogP contribution in [0.5, 0.6) is 11.5 Å². The van der Waals surface area contributed by atoms with Gasteiger partial charge in [0, 0.05) is 11.8 Å². The van der Waals surface area contributed by atoms with Gasteiger partial charge in [-0.25, -0.2) is 0 Å². The van der Waals surface area contributed by atoms with E-state index in [1.165, 1.54) is 13.3 Å². The van der Waals surface area contributed by atoms with Crippen molar-refractivity contribution >= 4 is 12.4 Å². The van der Waals surface area contributed by atoms with E-state index in [0.717, 1.165) is 17.8 Å². The molecule has 2 aromatic rings. The molecule has 1 aromatic heterocycles. The maximum Gasteiger partial charge on any atom is 0.511 e. The van der Waals surface area contributed by atoms with E-state index in [2.05, 4.69) is 4.98 Å². The predicted octanol–water partition coefficient (Wildman–Crippen LogP) is 2.72. The summed E-state index contributed by atoms with van der Waals surface area (Å²) in [5.74, 6) is 0.698. The molecule has 0 aliphatic carbocycles. The van der Waals surface area contributed by atoms with Crippen LogP contribution >= 0.6 is 0 Å². The summed E-state index contributed by atoms with van der Waals surface area (Å²) in [5.41, 5.74) is -0.0274. The smallest absolute Gasteiger partial charge is 0.496 e. The lowest BCUT2D eigenvalue weighted by molar-refractivity contribution is 0.295. The van der Waals surface area contributed by atoms with Crippen LogP contribution in [0.1, 0.15) is 5.56 Å². The highest BCUT2D eigenvalue weighted by atomic mass is 19.4. The van der Waals surface area contributed by atoms with Gasteiger partial charge in [0.15, 0.2) is 0 Å². The maximum atomic E-state index is 12.6. The van der Waals surface area contributed by atoms with Gasteiger partial charge in [-0.3, -0.25) is 4.98 Å². The first-order chi connectivity index (χ1) is 9.50. The Labute approximate surface area is 114 Å². The van der Waals surface area contributed by atoms with E-state index < -0.39 is 12.4 Å². The van der Waals surface area contributed by atoms with Crippen LogP contribution < -0.4 is 14.9 Å². The van der Waals surface area contributed by atoms with E-state index in [-0.39, 0.29) is 12.4 Å². The number of hydrogen-bond acceptors (Lipinski definition) is 3. The molecule has 1 aromatic carbocycles. The summed E-state index contributed by atoms with van der Waals surface area (Å²) in [6.07, 6.45) is 2.04. The zero-order chi connectivity index (χ0) is 14.6. The fourth-order valence-electron chi connectivity index (χ4n) is 1.68. The van der Waals surface area contributed by atoms with Crippen molar-refractivity contribution in [2.75, 3.05) is 7.11 Å². The summed E-state index contributed by atoms with van der Waals surface area (Å²) in [4.78, 5) is 3.55. The molecule has 0 N–H and O–H groups in total. The van der Waals surface area contributed by atoms with Crippen molar-refractivity contribution in [2.45, 2.75) is 6.61 Å². The normalized spacial score (nSPS) is 11.2. The summed E-state index contributed by atoms with van der Waals surface area (Å²) in [5, 5.41) is 0. The van der Waals surface area contributed by atoms with Crippen LogP contribution in [0.3, 0.4) is 0 Å². The van der Waals surface area contributed by atoms with Gasteiger partial charge in [0.25, 0.3) is 0 Å². The van der Waals surface area contributed by atoms with Crippen LogP contribution in [-0.4, -0.2) is 19.1 Å². The van der Waals surface area contributed by atoms with Crippen molar-refractivity contribution in [3.8, 4) is 11.5 Å². The number of methoxy groups -OCH3 is 1. The van der Waals surface area contributed by atoms with Crippen LogP contribution in [-0.2, 0) is 6.61 Å². The van der Waals surface area contributed by atoms with Gasteiger partial charge >= 0.3 is 6.98 Å². The molecule has 0 amide bonds. The third-order valence-corrected chi connectivity index (χ3v) is 2.70. The monoisotopic (exact) mass is 282 g/mol. The summed E-state index contributed by atoms with van der Waals surface area (Å²) < 4.78 is 48.3. The minimum absolute atomic E-state index is 0.0765. The SMILES string of the molecule is COc1ccccc1COc1cncc([B-](F)(F)F)c1. The lowest BCUT2D eigenvalue weighted by atomic mass is 9.81. The van der Waals surface area contributed by atoms with Gasteiger partial charge in [-0.05, 0) is 12.1 Å². The summed E-state index contributed by atoms with van der Waals surface area (Å²) >= 11 is 0. The molecule has 0 radical (unpaired) electrons. The minimum atomic E-state index is -5.07. The van der Waals surface area contributed by atoms with E-state index in [1.807, 2.05) is 0 Å². The zero-order valence-electron chi connectivity index (χ0n) is 10.7. The minimum Gasteiger partial charge on any atom is -0.496 e. The highest BCUT2D eigenvalue weighted by Crippen LogP contribution is 2.20. The third kappa shape index (κ3) is 3.43. The van der Waals surface area contributed by atoms with Crippen molar-refractivity contribution < 1.29 is 22.4 Å². The number of aromatic nitrogens is 1. The van der Waals surface area contributed by atoms with Gasteiger partial charge in [0.2, 0.25) is 0 Å². The maximum absolute atomic E-state index is 12.6. The molecule has 0 fully saturated rings. The van der Waals surface area contributed by atoms with E-state index in [4.69, 9.17) is 9.47 Å². The van der Waals surface area contributed by atoms with Gasteiger partial charge in [0.05, 0.1) is 13.3 Å². The first-order valence-electron chi connectivity index (χ1n) is 5.90. The van der Waals surface area contributed by atoms with E-state index >= 15 is 0 Å². The molecule has 1 heterocycles. The molecule has 0 spiro atoms. The van der Waals surface area contributed by atoms with Crippen LogP contribution in [0.2, 0.25) is 0 Å². The summed E-state index contributed by atoms with van der Waals surface area (Å²) in [7, 11) is 1.52. The number of rotatable bonds is 5. The van der Waals surface area contributed by atoms with Gasteiger partial charge in [-0.2, -0.15) is 0 Å². The summed E-state index contributed by atoms with van der Waals surface area (Å²) in [6.45, 7) is -4.96. The topological polar surface area (TPSA) is 31.4 Å². The second-order valence-corrected chi connectivity index (χ2v) is 4.13.